The number of carboxylic acid groups (broad SMARTS) is 1. The van der Waals surface area contributed by atoms with Gasteiger partial charge in [0.05, 0.1) is 5.41 Å². The quantitative estimate of drug-likeness (QED) is 0.727. The summed E-state index contributed by atoms with van der Waals surface area (Å²) >= 11 is 0. The standard InChI is InChI=1S/C12H17N3O3/c1-12(2,10(16)17)8-15-11(18)14-7-9-3-5-13-6-4-9/h3-6H,7-8H2,1-2H3,(H,16,17)(H2,14,15,18). The summed E-state index contributed by atoms with van der Waals surface area (Å²) in [4.78, 5) is 26.2. The molecule has 0 spiro atoms. The smallest absolute Gasteiger partial charge is 0.315 e. The second kappa shape index (κ2) is 6.00. The molecule has 0 unspecified atom stereocenters. The summed E-state index contributed by atoms with van der Waals surface area (Å²) in [5.74, 6) is -0.947. The molecule has 3 N–H and O–H groups in total. The predicted molar refractivity (Wildman–Crippen MR) is 65.9 cm³/mol. The van der Waals surface area contributed by atoms with Gasteiger partial charge in [-0.15, -0.1) is 0 Å². The van der Waals surface area contributed by atoms with Crippen molar-refractivity contribution in [1.82, 2.24) is 15.6 Å². The van der Waals surface area contributed by atoms with Crippen molar-refractivity contribution in [2.75, 3.05) is 6.54 Å². The van der Waals surface area contributed by atoms with Crippen LogP contribution in [0.2, 0.25) is 0 Å². The van der Waals surface area contributed by atoms with Gasteiger partial charge in [0.1, 0.15) is 0 Å². The van der Waals surface area contributed by atoms with Crippen LogP contribution in [0.3, 0.4) is 0 Å². The number of pyridine rings is 1. The SMILES string of the molecule is CC(C)(CNC(=O)NCc1ccncc1)C(=O)O. The number of urea groups is 1. The van der Waals surface area contributed by atoms with E-state index in [0.717, 1.165) is 5.56 Å². The monoisotopic (exact) mass is 251 g/mol. The van der Waals surface area contributed by atoms with Crippen LogP contribution in [0.25, 0.3) is 0 Å². The first-order valence-electron chi connectivity index (χ1n) is 5.56. The Hall–Kier alpha value is -2.11. The second-order valence-corrected chi connectivity index (χ2v) is 4.58. The second-order valence-electron chi connectivity index (χ2n) is 4.58. The Morgan fingerprint density at radius 1 is 1.28 bits per heavy atom. The van der Waals surface area contributed by atoms with Crippen LogP contribution < -0.4 is 10.6 Å². The van der Waals surface area contributed by atoms with Crippen molar-refractivity contribution in [3.63, 3.8) is 0 Å². The number of aromatic nitrogens is 1. The van der Waals surface area contributed by atoms with Gasteiger partial charge in [0.2, 0.25) is 0 Å². The minimum atomic E-state index is -0.978. The van der Waals surface area contributed by atoms with Crippen LogP contribution in [0.4, 0.5) is 4.79 Å². The first-order valence-corrected chi connectivity index (χ1v) is 5.56. The fraction of sp³-hybridized carbons (Fsp3) is 0.417. The Balaban J connectivity index is 2.33. The molecule has 1 heterocycles. The predicted octanol–water partition coefficient (Wildman–Crippen LogP) is 0.992. The van der Waals surface area contributed by atoms with E-state index in [1.807, 2.05) is 0 Å². The molecule has 98 valence electrons. The topological polar surface area (TPSA) is 91.3 Å². The van der Waals surface area contributed by atoms with Crippen molar-refractivity contribution < 1.29 is 14.7 Å². The molecule has 0 atom stereocenters. The minimum Gasteiger partial charge on any atom is -0.481 e. The van der Waals surface area contributed by atoms with Gasteiger partial charge < -0.3 is 15.7 Å². The molecular formula is C12H17N3O3. The van der Waals surface area contributed by atoms with E-state index in [9.17, 15) is 9.59 Å². The Labute approximate surface area is 105 Å². The Morgan fingerprint density at radius 2 is 1.89 bits per heavy atom. The maximum atomic E-state index is 11.5. The van der Waals surface area contributed by atoms with Gasteiger partial charge in [-0.1, -0.05) is 0 Å². The number of aliphatic carboxylic acids is 1. The average molecular weight is 251 g/mol. The fourth-order valence-electron chi connectivity index (χ4n) is 1.12. The first kappa shape index (κ1) is 14.0. The highest BCUT2D eigenvalue weighted by molar-refractivity contribution is 5.77. The number of amides is 2. The van der Waals surface area contributed by atoms with Crippen molar-refractivity contribution in [3.8, 4) is 0 Å². The number of nitrogens with zero attached hydrogens (tertiary/aromatic N) is 1. The van der Waals surface area contributed by atoms with E-state index < -0.39 is 11.4 Å². The summed E-state index contributed by atoms with van der Waals surface area (Å²) in [6, 6.07) is 3.20. The number of nitrogens with one attached hydrogen (secondary N) is 2. The molecule has 1 aromatic rings. The number of carbonyl (C=O) groups excluding carboxylic acids is 1. The van der Waals surface area contributed by atoms with Gasteiger partial charge in [0.25, 0.3) is 0 Å². The lowest BCUT2D eigenvalue weighted by molar-refractivity contribution is -0.146. The number of rotatable bonds is 5. The minimum absolute atomic E-state index is 0.0739. The summed E-state index contributed by atoms with van der Waals surface area (Å²) in [6.45, 7) is 3.56. The zero-order valence-corrected chi connectivity index (χ0v) is 10.4. The van der Waals surface area contributed by atoms with Crippen LogP contribution in [-0.4, -0.2) is 28.6 Å². The Bertz CT molecular complexity index is 418. The maximum Gasteiger partial charge on any atom is 0.315 e. The molecule has 0 aromatic carbocycles. The lowest BCUT2D eigenvalue weighted by Crippen LogP contribution is -2.43. The zero-order chi connectivity index (χ0) is 13.6. The van der Waals surface area contributed by atoms with Crippen molar-refractivity contribution in [1.29, 1.82) is 0 Å². The van der Waals surface area contributed by atoms with Crippen LogP contribution in [0.1, 0.15) is 19.4 Å². The number of carboxylic acids is 1. The molecule has 0 aliphatic carbocycles. The lowest BCUT2D eigenvalue weighted by atomic mass is 9.94. The van der Waals surface area contributed by atoms with Crippen LogP contribution in [0, 0.1) is 5.41 Å². The third-order valence-electron chi connectivity index (χ3n) is 2.47. The van der Waals surface area contributed by atoms with E-state index in [-0.39, 0.29) is 12.6 Å². The molecule has 2 amide bonds. The third-order valence-corrected chi connectivity index (χ3v) is 2.47. The molecular weight excluding hydrogens is 234 g/mol. The summed E-state index contributed by atoms with van der Waals surface area (Å²) < 4.78 is 0. The van der Waals surface area contributed by atoms with Crippen LogP contribution >= 0.6 is 0 Å². The van der Waals surface area contributed by atoms with Gasteiger partial charge in [-0.2, -0.15) is 0 Å². The van der Waals surface area contributed by atoms with Gasteiger partial charge in [0, 0.05) is 25.5 Å². The van der Waals surface area contributed by atoms with E-state index in [4.69, 9.17) is 5.11 Å². The van der Waals surface area contributed by atoms with Crippen LogP contribution in [-0.2, 0) is 11.3 Å². The highest BCUT2D eigenvalue weighted by Gasteiger charge is 2.27. The molecule has 18 heavy (non-hydrogen) atoms. The maximum absolute atomic E-state index is 11.5. The largest absolute Gasteiger partial charge is 0.481 e. The molecule has 0 saturated carbocycles. The summed E-state index contributed by atoms with van der Waals surface area (Å²) in [5, 5.41) is 14.1. The summed E-state index contributed by atoms with van der Waals surface area (Å²) in [5.41, 5.74) is -0.0498. The van der Waals surface area contributed by atoms with Crippen LogP contribution in [0.5, 0.6) is 0 Å². The van der Waals surface area contributed by atoms with E-state index in [0.29, 0.717) is 6.54 Å². The van der Waals surface area contributed by atoms with Crippen molar-refractivity contribution >= 4 is 12.0 Å². The van der Waals surface area contributed by atoms with E-state index in [1.54, 1.807) is 38.4 Å². The molecule has 0 aliphatic heterocycles. The van der Waals surface area contributed by atoms with Gasteiger partial charge in [-0.3, -0.25) is 9.78 Å². The molecule has 0 saturated heterocycles. The molecule has 0 radical (unpaired) electrons. The lowest BCUT2D eigenvalue weighted by Gasteiger charge is -2.19. The normalized spacial score (nSPS) is 10.8. The molecule has 6 heteroatoms. The van der Waals surface area contributed by atoms with Gasteiger partial charge in [0.15, 0.2) is 0 Å². The fourth-order valence-corrected chi connectivity index (χ4v) is 1.12. The van der Waals surface area contributed by atoms with Gasteiger partial charge >= 0.3 is 12.0 Å². The Morgan fingerprint density at radius 3 is 2.44 bits per heavy atom. The Kier molecular flexibility index (Phi) is 4.65. The van der Waals surface area contributed by atoms with Crippen molar-refractivity contribution in [2.24, 2.45) is 5.41 Å². The van der Waals surface area contributed by atoms with Gasteiger partial charge in [-0.05, 0) is 31.5 Å². The molecule has 0 bridgehead atoms. The number of hydrogen-bond donors (Lipinski definition) is 3. The molecule has 6 nitrogen and oxygen atoms in total. The third kappa shape index (κ3) is 4.40. The van der Waals surface area contributed by atoms with Crippen molar-refractivity contribution in [2.45, 2.75) is 20.4 Å². The zero-order valence-electron chi connectivity index (χ0n) is 10.4. The van der Waals surface area contributed by atoms with Gasteiger partial charge in [-0.25, -0.2) is 4.79 Å². The molecule has 1 aromatic heterocycles. The molecule has 0 fully saturated rings. The first-order chi connectivity index (χ1) is 8.42. The molecule has 0 aliphatic rings. The number of hydrogen-bond acceptors (Lipinski definition) is 3. The number of carbonyl (C=O) groups is 2. The van der Waals surface area contributed by atoms with Crippen molar-refractivity contribution in [3.05, 3.63) is 30.1 Å². The highest BCUT2D eigenvalue weighted by Crippen LogP contribution is 2.12. The van der Waals surface area contributed by atoms with E-state index >= 15 is 0 Å². The highest BCUT2D eigenvalue weighted by atomic mass is 16.4. The summed E-state index contributed by atoms with van der Waals surface area (Å²) in [6.07, 6.45) is 3.28. The van der Waals surface area contributed by atoms with E-state index in [2.05, 4.69) is 15.6 Å². The summed E-state index contributed by atoms with van der Waals surface area (Å²) in [7, 11) is 0. The van der Waals surface area contributed by atoms with Crippen LogP contribution in [0.15, 0.2) is 24.5 Å². The average Bonchev–Trinajstić information content (AvgIpc) is 2.35. The van der Waals surface area contributed by atoms with E-state index in [1.165, 1.54) is 0 Å². The molecule has 1 rings (SSSR count).